The van der Waals surface area contributed by atoms with E-state index in [2.05, 4.69) is 10.5 Å². The normalized spacial score (nSPS) is 11.8. The quantitative estimate of drug-likeness (QED) is 0.561. The molecule has 12 heavy (non-hydrogen) atoms. The van der Waals surface area contributed by atoms with Gasteiger partial charge in [0.15, 0.2) is 6.04 Å². The number of hydrogen-bond donors (Lipinski definition) is 2. The Kier molecular flexibility index (Phi) is 4.59. The Bertz CT molecular complexity index is 192. The first-order valence-electron chi connectivity index (χ1n) is 3.43. The van der Waals surface area contributed by atoms with Gasteiger partial charge in [0.2, 0.25) is 5.91 Å². The van der Waals surface area contributed by atoms with E-state index in [4.69, 9.17) is 5.11 Å². The van der Waals surface area contributed by atoms with Gasteiger partial charge in [-0.1, -0.05) is 12.1 Å². The van der Waals surface area contributed by atoms with Crippen molar-refractivity contribution in [2.75, 3.05) is 6.54 Å². The van der Waals surface area contributed by atoms with E-state index < -0.39 is 24.5 Å². The van der Waals surface area contributed by atoms with Crippen LogP contribution in [-0.2, 0) is 9.59 Å². The van der Waals surface area contributed by atoms with Crippen molar-refractivity contribution in [2.45, 2.75) is 19.4 Å². The van der Waals surface area contributed by atoms with E-state index in [1.54, 1.807) is 6.92 Å². The summed E-state index contributed by atoms with van der Waals surface area (Å²) < 4.78 is 0. The number of carbonyl (C=O) groups excluding carboxylic acids is 1. The molecule has 0 aliphatic heterocycles. The fourth-order valence-electron chi connectivity index (χ4n) is 0.588. The van der Waals surface area contributed by atoms with E-state index in [-0.39, 0.29) is 6.42 Å². The SMILES string of the molecule is CCC(N=O)C(=O)NCC(=O)O. The zero-order chi connectivity index (χ0) is 9.56. The highest BCUT2D eigenvalue weighted by Crippen LogP contribution is 1.95. The third-order valence-corrected chi connectivity index (χ3v) is 1.23. The van der Waals surface area contributed by atoms with Crippen molar-refractivity contribution in [1.29, 1.82) is 0 Å². The van der Waals surface area contributed by atoms with Crippen LogP contribution in [0.4, 0.5) is 0 Å². The van der Waals surface area contributed by atoms with E-state index in [0.29, 0.717) is 0 Å². The minimum Gasteiger partial charge on any atom is -0.480 e. The average Bonchev–Trinajstić information content (AvgIpc) is 2.03. The van der Waals surface area contributed by atoms with Gasteiger partial charge in [-0.3, -0.25) is 9.59 Å². The number of nitroso groups, excluding NO2 is 1. The molecular formula is C6H10N2O4. The highest BCUT2D eigenvalue weighted by molar-refractivity contribution is 5.85. The Hall–Kier alpha value is -1.46. The van der Waals surface area contributed by atoms with Crippen LogP contribution in [0.15, 0.2) is 5.18 Å². The highest BCUT2D eigenvalue weighted by atomic mass is 16.4. The van der Waals surface area contributed by atoms with Gasteiger partial charge in [0.05, 0.1) is 0 Å². The van der Waals surface area contributed by atoms with Gasteiger partial charge < -0.3 is 10.4 Å². The minimum absolute atomic E-state index is 0.273. The number of aliphatic carboxylic acids is 1. The van der Waals surface area contributed by atoms with Gasteiger partial charge in [-0.15, -0.1) is 4.91 Å². The number of carboxylic acids is 1. The maximum Gasteiger partial charge on any atom is 0.322 e. The molecule has 6 heteroatoms. The van der Waals surface area contributed by atoms with Crippen molar-refractivity contribution in [3.8, 4) is 0 Å². The highest BCUT2D eigenvalue weighted by Gasteiger charge is 2.16. The summed E-state index contributed by atoms with van der Waals surface area (Å²) in [5.41, 5.74) is 0. The molecule has 0 fully saturated rings. The summed E-state index contributed by atoms with van der Waals surface area (Å²) in [5.74, 6) is -1.79. The molecule has 0 radical (unpaired) electrons. The third kappa shape index (κ3) is 3.65. The summed E-state index contributed by atoms with van der Waals surface area (Å²) in [6.07, 6.45) is 0.273. The molecule has 0 aliphatic carbocycles. The van der Waals surface area contributed by atoms with E-state index in [1.165, 1.54) is 0 Å². The zero-order valence-corrected chi connectivity index (χ0v) is 6.61. The van der Waals surface area contributed by atoms with Gasteiger partial charge in [0, 0.05) is 0 Å². The van der Waals surface area contributed by atoms with E-state index in [0.717, 1.165) is 0 Å². The van der Waals surface area contributed by atoms with Gasteiger partial charge in [-0.25, -0.2) is 0 Å². The molecule has 0 saturated carbocycles. The van der Waals surface area contributed by atoms with Crippen LogP contribution in [0.1, 0.15) is 13.3 Å². The van der Waals surface area contributed by atoms with E-state index >= 15 is 0 Å². The summed E-state index contributed by atoms with van der Waals surface area (Å²) in [6.45, 7) is 1.14. The van der Waals surface area contributed by atoms with Crippen LogP contribution in [0, 0.1) is 4.91 Å². The molecule has 1 unspecified atom stereocenters. The zero-order valence-electron chi connectivity index (χ0n) is 6.61. The maximum atomic E-state index is 10.8. The minimum atomic E-state index is -1.15. The standard InChI is InChI=1S/C6H10N2O4/c1-2-4(8-12)6(11)7-3-5(9)10/h4H,2-3H2,1H3,(H,7,11)(H,9,10). The Morgan fingerprint density at radius 1 is 1.58 bits per heavy atom. The Morgan fingerprint density at radius 2 is 2.17 bits per heavy atom. The van der Waals surface area contributed by atoms with Gasteiger partial charge in [0.1, 0.15) is 6.54 Å². The number of hydrogen-bond acceptors (Lipinski definition) is 4. The van der Waals surface area contributed by atoms with Crippen molar-refractivity contribution in [1.82, 2.24) is 5.32 Å². The number of nitrogens with one attached hydrogen (secondary N) is 1. The van der Waals surface area contributed by atoms with Crippen molar-refractivity contribution in [3.63, 3.8) is 0 Å². The second kappa shape index (κ2) is 5.22. The van der Waals surface area contributed by atoms with Crippen LogP contribution in [0.2, 0.25) is 0 Å². The molecule has 0 spiro atoms. The number of carbonyl (C=O) groups is 2. The molecule has 0 bridgehead atoms. The van der Waals surface area contributed by atoms with Crippen molar-refractivity contribution >= 4 is 11.9 Å². The molecule has 0 heterocycles. The van der Waals surface area contributed by atoms with Crippen molar-refractivity contribution < 1.29 is 14.7 Å². The predicted octanol–water partition coefficient (Wildman–Crippen LogP) is -0.268. The third-order valence-electron chi connectivity index (χ3n) is 1.23. The smallest absolute Gasteiger partial charge is 0.322 e. The summed E-state index contributed by atoms with van der Waals surface area (Å²) in [4.78, 5) is 30.8. The lowest BCUT2D eigenvalue weighted by atomic mass is 10.2. The molecule has 0 aromatic heterocycles. The topological polar surface area (TPSA) is 95.8 Å². The fourth-order valence-corrected chi connectivity index (χ4v) is 0.588. The van der Waals surface area contributed by atoms with Gasteiger partial charge in [-0.2, -0.15) is 0 Å². The van der Waals surface area contributed by atoms with Crippen LogP contribution in [-0.4, -0.2) is 29.6 Å². The molecule has 0 aromatic rings. The van der Waals surface area contributed by atoms with Gasteiger partial charge >= 0.3 is 5.97 Å². The molecule has 68 valence electrons. The molecule has 2 N–H and O–H groups in total. The van der Waals surface area contributed by atoms with Crippen LogP contribution in [0.3, 0.4) is 0 Å². The number of rotatable bonds is 5. The lowest BCUT2D eigenvalue weighted by Crippen LogP contribution is -2.36. The first-order chi connectivity index (χ1) is 5.61. The first kappa shape index (κ1) is 10.5. The molecule has 0 aromatic carbocycles. The molecular weight excluding hydrogens is 164 g/mol. The maximum absolute atomic E-state index is 10.8. The second-order valence-electron chi connectivity index (χ2n) is 2.14. The number of carboxylic acid groups (broad SMARTS) is 1. The van der Waals surface area contributed by atoms with Crippen LogP contribution in [0.5, 0.6) is 0 Å². The summed E-state index contributed by atoms with van der Waals surface area (Å²) in [7, 11) is 0. The molecule has 0 rings (SSSR count). The monoisotopic (exact) mass is 174 g/mol. The average molecular weight is 174 g/mol. The molecule has 1 amide bonds. The first-order valence-corrected chi connectivity index (χ1v) is 3.43. The van der Waals surface area contributed by atoms with Crippen LogP contribution in [0.25, 0.3) is 0 Å². The summed E-state index contributed by atoms with van der Waals surface area (Å²) in [5, 5.41) is 12.7. The van der Waals surface area contributed by atoms with E-state index in [9.17, 15) is 14.5 Å². The Morgan fingerprint density at radius 3 is 2.50 bits per heavy atom. The lowest BCUT2D eigenvalue weighted by Gasteiger charge is -2.04. The lowest BCUT2D eigenvalue weighted by molar-refractivity contribution is -0.138. The predicted molar refractivity (Wildman–Crippen MR) is 40.5 cm³/mol. The summed E-state index contributed by atoms with van der Waals surface area (Å²) >= 11 is 0. The molecule has 6 nitrogen and oxygen atoms in total. The van der Waals surface area contributed by atoms with E-state index in [1.807, 2.05) is 0 Å². The van der Waals surface area contributed by atoms with Crippen LogP contribution < -0.4 is 5.32 Å². The number of amides is 1. The van der Waals surface area contributed by atoms with Gasteiger partial charge in [-0.05, 0) is 6.42 Å². The van der Waals surface area contributed by atoms with Crippen LogP contribution >= 0.6 is 0 Å². The van der Waals surface area contributed by atoms with Crippen molar-refractivity contribution in [2.24, 2.45) is 5.18 Å². The largest absolute Gasteiger partial charge is 0.480 e. The fraction of sp³-hybridized carbons (Fsp3) is 0.667. The Labute approximate surface area is 68.9 Å². The molecule has 0 aliphatic rings. The molecule has 0 saturated heterocycles. The number of nitrogens with zero attached hydrogens (tertiary/aromatic N) is 1. The van der Waals surface area contributed by atoms with Gasteiger partial charge in [0.25, 0.3) is 0 Å². The Balaban J connectivity index is 3.85. The summed E-state index contributed by atoms with van der Waals surface area (Å²) in [6, 6.07) is -0.982. The molecule has 1 atom stereocenters. The second-order valence-corrected chi connectivity index (χ2v) is 2.14. The van der Waals surface area contributed by atoms with Crippen molar-refractivity contribution in [3.05, 3.63) is 4.91 Å².